The van der Waals surface area contributed by atoms with Crippen LogP contribution in [0.5, 0.6) is 11.5 Å². The Balaban J connectivity index is 1.55. The van der Waals surface area contributed by atoms with Crippen LogP contribution in [-0.4, -0.2) is 52.2 Å². The number of rotatable bonds is 4. The molecule has 2 aliphatic heterocycles. The zero-order chi connectivity index (χ0) is 22.2. The zero-order valence-electron chi connectivity index (χ0n) is 18.8. The van der Waals surface area contributed by atoms with Gasteiger partial charge in [-0.2, -0.15) is 10.2 Å². The van der Waals surface area contributed by atoms with Crippen molar-refractivity contribution in [1.82, 2.24) is 14.9 Å². The summed E-state index contributed by atoms with van der Waals surface area (Å²) in [6.07, 6.45) is 3.46. The van der Waals surface area contributed by atoms with Crippen LogP contribution in [0, 0.1) is 11.3 Å². The largest absolute Gasteiger partial charge is 0.486 e. The van der Waals surface area contributed by atoms with Crippen LogP contribution < -0.4 is 20.1 Å². The summed E-state index contributed by atoms with van der Waals surface area (Å²) in [5, 5.41) is 16.3. The Morgan fingerprint density at radius 3 is 2.45 bits per heavy atom. The van der Waals surface area contributed by atoms with Gasteiger partial charge in [0, 0.05) is 28.9 Å². The molecule has 0 radical (unpaired) electrons. The first-order valence-corrected chi connectivity index (χ1v) is 10.6. The monoisotopic (exact) mass is 422 g/mol. The van der Waals surface area contributed by atoms with Gasteiger partial charge in [0.1, 0.15) is 30.7 Å². The van der Waals surface area contributed by atoms with Gasteiger partial charge in [0.25, 0.3) is 0 Å². The van der Waals surface area contributed by atoms with Crippen LogP contribution in [0.15, 0.2) is 24.4 Å². The Kier molecular flexibility index (Phi) is 5.40. The number of nitrogens with one attached hydrogen (secondary N) is 2. The minimum Gasteiger partial charge on any atom is -0.486 e. The number of nitriles is 1. The number of hydrogen-bond donors (Lipinski definition) is 2. The maximum atomic E-state index is 9.58. The van der Waals surface area contributed by atoms with Crippen molar-refractivity contribution in [1.29, 1.82) is 5.26 Å². The minimum atomic E-state index is 0.0333. The summed E-state index contributed by atoms with van der Waals surface area (Å²) >= 11 is 0. The Morgan fingerprint density at radius 2 is 1.77 bits per heavy atom. The fraction of sp³-hybridized carbons (Fsp3) is 0.522. The van der Waals surface area contributed by atoms with Crippen LogP contribution in [0.4, 0.5) is 17.5 Å². The molecule has 3 heterocycles. The summed E-state index contributed by atoms with van der Waals surface area (Å²) in [6, 6.07) is 8.03. The first-order valence-electron chi connectivity index (χ1n) is 10.6. The van der Waals surface area contributed by atoms with Crippen LogP contribution in [-0.2, 0) is 0 Å². The van der Waals surface area contributed by atoms with Crippen molar-refractivity contribution in [3.05, 3.63) is 30.0 Å². The van der Waals surface area contributed by atoms with E-state index in [2.05, 4.69) is 66.3 Å². The minimum absolute atomic E-state index is 0.0333. The highest BCUT2D eigenvalue weighted by Crippen LogP contribution is 2.38. The number of nitrogens with zero attached hydrogens (tertiary/aromatic N) is 4. The number of fused-ring (bicyclic) bond motifs is 1. The van der Waals surface area contributed by atoms with Crippen LogP contribution in [0.2, 0.25) is 0 Å². The number of piperidine rings is 1. The quantitative estimate of drug-likeness (QED) is 0.765. The molecule has 1 fully saturated rings. The molecule has 8 heteroatoms. The Hall–Kier alpha value is -3.05. The standard InChI is InChI=1S/C23H30N6O2/c1-22(2)11-17(12-23(3,4)29(22)5)26-20-15(13-24)14-25-21(28-20)27-16-6-7-18-19(10-16)31-9-8-30-18/h6-7,10,14,17H,8-9,11-12H2,1-5H3,(H2,25,26,27,28). The highest BCUT2D eigenvalue weighted by molar-refractivity contribution is 5.62. The van der Waals surface area contributed by atoms with Crippen molar-refractivity contribution in [3.8, 4) is 17.6 Å². The lowest BCUT2D eigenvalue weighted by atomic mass is 9.77. The second kappa shape index (κ2) is 7.89. The lowest BCUT2D eigenvalue weighted by Crippen LogP contribution is -2.61. The predicted octanol–water partition coefficient (Wildman–Crippen LogP) is 3.93. The fourth-order valence-electron chi connectivity index (χ4n) is 4.55. The molecule has 0 atom stereocenters. The summed E-state index contributed by atoms with van der Waals surface area (Å²) in [5.74, 6) is 2.40. The van der Waals surface area contributed by atoms with Crippen molar-refractivity contribution in [2.45, 2.75) is 57.7 Å². The normalized spacial score (nSPS) is 20.0. The molecule has 0 aliphatic carbocycles. The molecule has 2 aromatic rings. The summed E-state index contributed by atoms with van der Waals surface area (Å²) in [5.41, 5.74) is 1.29. The summed E-state index contributed by atoms with van der Waals surface area (Å²) < 4.78 is 11.2. The van der Waals surface area contributed by atoms with Crippen molar-refractivity contribution in [3.63, 3.8) is 0 Å². The third-order valence-corrected chi connectivity index (χ3v) is 6.36. The Bertz CT molecular complexity index is 996. The predicted molar refractivity (Wildman–Crippen MR) is 120 cm³/mol. The van der Waals surface area contributed by atoms with Gasteiger partial charge in [-0.1, -0.05) is 0 Å². The van der Waals surface area contributed by atoms with Gasteiger partial charge in [-0.15, -0.1) is 0 Å². The highest BCUT2D eigenvalue weighted by Gasteiger charge is 2.43. The van der Waals surface area contributed by atoms with E-state index in [-0.39, 0.29) is 17.1 Å². The molecule has 0 bridgehead atoms. The van der Waals surface area contributed by atoms with E-state index in [1.807, 2.05) is 18.2 Å². The smallest absolute Gasteiger partial charge is 0.229 e. The molecule has 0 amide bonds. The van der Waals surface area contributed by atoms with Crippen LogP contribution >= 0.6 is 0 Å². The average molecular weight is 423 g/mol. The average Bonchev–Trinajstić information content (AvgIpc) is 2.72. The van der Waals surface area contributed by atoms with E-state index in [9.17, 15) is 5.26 Å². The third kappa shape index (κ3) is 4.37. The second-order valence-electron chi connectivity index (χ2n) is 9.48. The number of benzene rings is 1. The molecule has 2 aliphatic rings. The first-order chi connectivity index (χ1) is 14.7. The molecule has 4 rings (SSSR count). The zero-order valence-corrected chi connectivity index (χ0v) is 18.8. The maximum Gasteiger partial charge on any atom is 0.229 e. The van der Waals surface area contributed by atoms with Gasteiger partial charge in [-0.3, -0.25) is 4.90 Å². The number of ether oxygens (including phenoxy) is 2. The first kappa shape index (κ1) is 21.2. The molecule has 0 unspecified atom stereocenters. The summed E-state index contributed by atoms with van der Waals surface area (Å²) in [7, 11) is 2.18. The summed E-state index contributed by atoms with van der Waals surface area (Å²) in [4.78, 5) is 11.4. The molecule has 164 valence electrons. The van der Waals surface area contributed by atoms with E-state index in [1.54, 1.807) is 6.20 Å². The SMILES string of the molecule is CN1C(C)(C)CC(Nc2nc(Nc3ccc4c(c3)OCCO4)ncc2C#N)CC1(C)C. The van der Waals surface area contributed by atoms with Gasteiger partial charge < -0.3 is 20.1 Å². The van der Waals surface area contributed by atoms with Crippen molar-refractivity contribution in [2.75, 3.05) is 30.9 Å². The lowest BCUT2D eigenvalue weighted by Gasteiger charge is -2.53. The van der Waals surface area contributed by atoms with E-state index in [4.69, 9.17) is 9.47 Å². The Labute approximate surface area is 183 Å². The van der Waals surface area contributed by atoms with Crippen molar-refractivity contribution >= 4 is 17.5 Å². The number of hydrogen-bond acceptors (Lipinski definition) is 8. The van der Waals surface area contributed by atoms with E-state index in [0.29, 0.717) is 36.3 Å². The maximum absolute atomic E-state index is 9.58. The van der Waals surface area contributed by atoms with Gasteiger partial charge in [0.05, 0.1) is 6.20 Å². The third-order valence-electron chi connectivity index (χ3n) is 6.36. The van der Waals surface area contributed by atoms with Crippen LogP contribution in [0.3, 0.4) is 0 Å². The molecule has 1 aromatic heterocycles. The fourth-order valence-corrected chi connectivity index (χ4v) is 4.55. The van der Waals surface area contributed by atoms with Crippen molar-refractivity contribution < 1.29 is 9.47 Å². The molecule has 0 spiro atoms. The van der Waals surface area contributed by atoms with Crippen LogP contribution in [0.25, 0.3) is 0 Å². The number of likely N-dealkylation sites (tertiary alicyclic amines) is 1. The van der Waals surface area contributed by atoms with Gasteiger partial charge >= 0.3 is 0 Å². The lowest BCUT2D eigenvalue weighted by molar-refractivity contribution is -0.00772. The van der Waals surface area contributed by atoms with E-state index >= 15 is 0 Å². The second-order valence-corrected chi connectivity index (χ2v) is 9.48. The van der Waals surface area contributed by atoms with Crippen LogP contribution in [0.1, 0.15) is 46.1 Å². The van der Waals surface area contributed by atoms with Gasteiger partial charge in [0.2, 0.25) is 5.95 Å². The van der Waals surface area contributed by atoms with E-state index in [1.165, 1.54) is 0 Å². The molecule has 0 saturated carbocycles. The molecule has 8 nitrogen and oxygen atoms in total. The number of anilines is 3. The molecule has 1 saturated heterocycles. The molecule has 1 aromatic carbocycles. The van der Waals surface area contributed by atoms with Gasteiger partial charge in [-0.25, -0.2) is 4.98 Å². The Morgan fingerprint density at radius 1 is 1.10 bits per heavy atom. The molecule has 31 heavy (non-hydrogen) atoms. The van der Waals surface area contributed by atoms with Gasteiger partial charge in [0.15, 0.2) is 11.5 Å². The molecular weight excluding hydrogens is 392 g/mol. The number of aromatic nitrogens is 2. The van der Waals surface area contributed by atoms with Crippen molar-refractivity contribution in [2.24, 2.45) is 0 Å². The van der Waals surface area contributed by atoms with E-state index in [0.717, 1.165) is 24.3 Å². The highest BCUT2D eigenvalue weighted by atomic mass is 16.6. The molecule has 2 N–H and O–H groups in total. The topological polar surface area (TPSA) is 95.3 Å². The molecular formula is C23H30N6O2. The summed E-state index contributed by atoms with van der Waals surface area (Å²) in [6.45, 7) is 10.1. The van der Waals surface area contributed by atoms with Gasteiger partial charge in [-0.05, 0) is 59.7 Å². The van der Waals surface area contributed by atoms with E-state index < -0.39 is 0 Å².